The number of H-pyrrole nitrogens is 1. The first-order valence-corrected chi connectivity index (χ1v) is 13.0. The lowest BCUT2D eigenvalue weighted by atomic mass is 10.1. The molecule has 0 saturated heterocycles. The number of amides is 1. The van der Waals surface area contributed by atoms with E-state index in [2.05, 4.69) is 25.6 Å². The lowest BCUT2D eigenvalue weighted by Crippen LogP contribution is -2.28. The fraction of sp³-hybridized carbons (Fsp3) is 0.138. The lowest BCUT2D eigenvalue weighted by molar-refractivity contribution is 0.0674. The van der Waals surface area contributed by atoms with Crippen molar-refractivity contribution in [3.63, 3.8) is 0 Å². The zero-order chi connectivity index (χ0) is 28.3. The minimum Gasteiger partial charge on any atom is -0.454 e. The molecule has 0 aliphatic rings. The number of fused-ring (bicyclic) bond motifs is 2. The second kappa shape index (κ2) is 10.9. The van der Waals surface area contributed by atoms with E-state index in [1.807, 2.05) is 49.4 Å². The van der Waals surface area contributed by atoms with Gasteiger partial charge in [0.2, 0.25) is 0 Å². The van der Waals surface area contributed by atoms with Gasteiger partial charge in [0.15, 0.2) is 11.6 Å². The first-order chi connectivity index (χ1) is 20.1. The number of nitrogens with zero attached hydrogens (tertiary/aromatic N) is 4. The molecular formula is C29H26N8O4. The van der Waals surface area contributed by atoms with Crippen molar-refractivity contribution in [3.8, 4) is 5.69 Å². The molecule has 0 fully saturated rings. The van der Waals surface area contributed by atoms with Crippen molar-refractivity contribution in [1.29, 1.82) is 0 Å². The van der Waals surface area contributed by atoms with E-state index >= 15 is 0 Å². The highest BCUT2D eigenvalue weighted by Crippen LogP contribution is 2.28. The number of benzene rings is 2. The maximum absolute atomic E-state index is 14.3. The van der Waals surface area contributed by atoms with E-state index in [0.717, 1.165) is 5.52 Å². The van der Waals surface area contributed by atoms with Crippen LogP contribution in [0.4, 0.5) is 11.5 Å². The number of furan rings is 1. The summed E-state index contributed by atoms with van der Waals surface area (Å²) in [6.45, 7) is 2.21. The largest absolute Gasteiger partial charge is 0.454 e. The minimum absolute atomic E-state index is 0.0295. The zero-order valence-electron chi connectivity index (χ0n) is 22.0. The molecule has 5 N–H and O–H groups in total. The molecule has 12 nitrogen and oxygen atoms in total. The van der Waals surface area contributed by atoms with E-state index < -0.39 is 5.91 Å². The molecule has 0 aliphatic heterocycles. The number of anilines is 2. The summed E-state index contributed by atoms with van der Waals surface area (Å²) in [6, 6.07) is 19.3. The molecule has 4 aromatic heterocycles. The van der Waals surface area contributed by atoms with Crippen LogP contribution in [-0.4, -0.2) is 35.6 Å². The van der Waals surface area contributed by atoms with Gasteiger partial charge in [0.05, 0.1) is 41.0 Å². The average molecular weight is 551 g/mol. The van der Waals surface area contributed by atoms with Crippen molar-refractivity contribution in [2.24, 2.45) is 0 Å². The van der Waals surface area contributed by atoms with Gasteiger partial charge in [0.25, 0.3) is 5.56 Å². The van der Waals surface area contributed by atoms with Crippen molar-refractivity contribution in [1.82, 2.24) is 30.0 Å². The molecule has 0 unspecified atom stereocenters. The molecule has 4 heterocycles. The molecule has 0 spiro atoms. The van der Waals surface area contributed by atoms with Crippen LogP contribution < -0.4 is 21.7 Å². The number of aromatic amines is 1. The quantitative estimate of drug-likeness (QED) is 0.128. The van der Waals surface area contributed by atoms with Gasteiger partial charge in [-0.15, -0.1) is 0 Å². The topological polar surface area (TPSA) is 163 Å². The Balaban J connectivity index is 1.44. The van der Waals surface area contributed by atoms with Gasteiger partial charge in [0, 0.05) is 11.9 Å². The number of carbonyl (C=O) groups excluding carboxylic acids is 1. The standard InChI is InChI=1S/C29H26N8O4/c1-2-19(34-26-25-22(13-14-30-26)32-16-33-25)27-35-21-10-6-9-20(31-15-18-11-12-23(41-18)28(38)36-40)24(21)29(39)37(27)17-7-4-3-5-8-17/h3-14,16,19,31,40H,2,15H2,1H3,(H,30,34)(H,32,33)(H,36,38)/t19-/m0/s1. The molecule has 1 atom stereocenters. The highest BCUT2D eigenvalue weighted by molar-refractivity contribution is 5.91. The predicted octanol–water partition coefficient (Wildman–Crippen LogP) is 4.54. The van der Waals surface area contributed by atoms with Gasteiger partial charge in [-0.25, -0.2) is 20.4 Å². The normalized spacial score (nSPS) is 12.0. The van der Waals surface area contributed by atoms with Crippen LogP contribution in [-0.2, 0) is 6.54 Å². The van der Waals surface area contributed by atoms with Gasteiger partial charge in [0.1, 0.15) is 17.1 Å². The van der Waals surface area contributed by atoms with E-state index in [1.165, 1.54) is 6.07 Å². The van der Waals surface area contributed by atoms with E-state index in [4.69, 9.17) is 14.6 Å². The number of para-hydroxylation sites is 1. The summed E-state index contributed by atoms with van der Waals surface area (Å²) in [7, 11) is 0. The van der Waals surface area contributed by atoms with Gasteiger partial charge in [-0.2, -0.15) is 0 Å². The van der Waals surface area contributed by atoms with Crippen LogP contribution in [0.15, 0.2) is 88.5 Å². The number of pyridine rings is 1. The molecule has 6 aromatic rings. The Hall–Kier alpha value is -5.49. The summed E-state index contributed by atoms with van der Waals surface area (Å²) in [4.78, 5) is 42.9. The maximum Gasteiger partial charge on any atom is 0.310 e. The fourth-order valence-electron chi connectivity index (χ4n) is 4.77. The number of carbonyl (C=O) groups is 1. The van der Waals surface area contributed by atoms with Crippen molar-refractivity contribution in [3.05, 3.63) is 107 Å². The average Bonchev–Trinajstić information content (AvgIpc) is 3.69. The van der Waals surface area contributed by atoms with Crippen LogP contribution in [0.5, 0.6) is 0 Å². The van der Waals surface area contributed by atoms with Crippen molar-refractivity contribution < 1.29 is 14.4 Å². The van der Waals surface area contributed by atoms with Crippen molar-refractivity contribution in [2.75, 3.05) is 10.6 Å². The third-order valence-electron chi connectivity index (χ3n) is 6.75. The Morgan fingerprint density at radius 1 is 1.07 bits per heavy atom. The second-order valence-corrected chi connectivity index (χ2v) is 9.27. The molecule has 1 amide bonds. The molecule has 0 radical (unpaired) electrons. The summed E-state index contributed by atoms with van der Waals surface area (Å²) in [6.07, 6.45) is 3.93. The molecular weight excluding hydrogens is 524 g/mol. The number of aromatic nitrogens is 5. The summed E-state index contributed by atoms with van der Waals surface area (Å²) in [5, 5.41) is 15.9. The Morgan fingerprint density at radius 3 is 2.73 bits per heavy atom. The highest BCUT2D eigenvalue weighted by Gasteiger charge is 2.23. The maximum atomic E-state index is 14.3. The lowest BCUT2D eigenvalue weighted by Gasteiger charge is -2.23. The van der Waals surface area contributed by atoms with Crippen LogP contribution in [0.3, 0.4) is 0 Å². The fourth-order valence-corrected chi connectivity index (χ4v) is 4.77. The Kier molecular flexibility index (Phi) is 6.88. The number of nitrogens with one attached hydrogen (secondary N) is 4. The smallest absolute Gasteiger partial charge is 0.310 e. The molecule has 0 aliphatic carbocycles. The predicted molar refractivity (Wildman–Crippen MR) is 153 cm³/mol. The summed E-state index contributed by atoms with van der Waals surface area (Å²) < 4.78 is 7.11. The van der Waals surface area contributed by atoms with E-state index in [1.54, 1.807) is 40.8 Å². The van der Waals surface area contributed by atoms with Crippen molar-refractivity contribution >= 4 is 39.3 Å². The summed E-state index contributed by atoms with van der Waals surface area (Å²) >= 11 is 0. The number of hydrogen-bond donors (Lipinski definition) is 5. The Bertz CT molecular complexity index is 1910. The van der Waals surface area contributed by atoms with E-state index in [-0.39, 0.29) is 23.9 Å². The van der Waals surface area contributed by atoms with Crippen LogP contribution in [0.25, 0.3) is 27.6 Å². The summed E-state index contributed by atoms with van der Waals surface area (Å²) in [5.41, 5.74) is 4.60. The molecule has 0 saturated carbocycles. The molecule has 0 bridgehead atoms. The molecule has 41 heavy (non-hydrogen) atoms. The first kappa shape index (κ1) is 25.8. The highest BCUT2D eigenvalue weighted by atomic mass is 16.5. The van der Waals surface area contributed by atoms with Gasteiger partial charge in [-0.3, -0.25) is 19.4 Å². The zero-order valence-corrected chi connectivity index (χ0v) is 22.0. The van der Waals surface area contributed by atoms with Crippen LogP contribution in [0.1, 0.15) is 41.5 Å². The molecule has 206 valence electrons. The van der Waals surface area contributed by atoms with Gasteiger partial charge >= 0.3 is 5.91 Å². The van der Waals surface area contributed by atoms with Crippen molar-refractivity contribution in [2.45, 2.75) is 25.9 Å². The van der Waals surface area contributed by atoms with E-state index in [0.29, 0.717) is 51.6 Å². The Labute approximate surface area is 233 Å². The van der Waals surface area contributed by atoms with Crippen LogP contribution in [0, 0.1) is 0 Å². The number of hydrogen-bond acceptors (Lipinski definition) is 9. The third kappa shape index (κ3) is 4.87. The Morgan fingerprint density at radius 2 is 1.93 bits per heavy atom. The monoisotopic (exact) mass is 550 g/mol. The van der Waals surface area contributed by atoms with E-state index in [9.17, 15) is 9.59 Å². The number of imidazole rings is 1. The van der Waals surface area contributed by atoms with Gasteiger partial charge in [-0.1, -0.05) is 31.2 Å². The number of rotatable bonds is 9. The van der Waals surface area contributed by atoms with Gasteiger partial charge < -0.3 is 20.0 Å². The van der Waals surface area contributed by atoms with Crippen LogP contribution >= 0.6 is 0 Å². The molecule has 12 heteroatoms. The second-order valence-electron chi connectivity index (χ2n) is 9.27. The summed E-state index contributed by atoms with van der Waals surface area (Å²) in [5.74, 6) is 0.796. The third-order valence-corrected chi connectivity index (χ3v) is 6.75. The molecule has 6 rings (SSSR count). The first-order valence-electron chi connectivity index (χ1n) is 13.0. The number of hydroxylamine groups is 1. The van der Waals surface area contributed by atoms with Gasteiger partial charge in [-0.05, 0) is 48.9 Å². The van der Waals surface area contributed by atoms with Crippen LogP contribution in [0.2, 0.25) is 0 Å². The SMILES string of the molecule is CC[C@H](Nc1nccc2[nH]cnc12)c1nc2cccc(NCc3ccc(C(=O)NO)o3)c2c(=O)n1-c1ccccc1. The molecule has 2 aromatic carbocycles. The minimum atomic E-state index is -0.748.